The highest BCUT2D eigenvalue weighted by Gasteiger charge is 2.47. The number of benzene rings is 10. The zero-order chi connectivity index (χ0) is 43.2. The number of anilines is 3. The molecule has 13 rings (SSSR count). The lowest BCUT2D eigenvalue weighted by Crippen LogP contribution is -2.38. The van der Waals surface area contributed by atoms with Crippen LogP contribution in [-0.4, -0.2) is 15.0 Å². The fraction of sp³-hybridized carbons (Fsp3) is 0.0339. The van der Waals surface area contributed by atoms with Gasteiger partial charge in [-0.3, -0.25) is 4.90 Å². The van der Waals surface area contributed by atoms with Gasteiger partial charge in [0.05, 0.1) is 16.8 Å². The normalized spacial score (nSPS) is 13.2. The first-order chi connectivity index (χ1) is 32.0. The lowest BCUT2D eigenvalue weighted by molar-refractivity contribution is 0.628. The summed E-state index contributed by atoms with van der Waals surface area (Å²) in [4.78, 5) is 17.8. The molecule has 0 bridgehead atoms. The Hall–Kier alpha value is -8.06. The average molecular weight is 853 g/mol. The van der Waals surface area contributed by atoms with E-state index in [1.807, 2.05) is 41.7 Å². The molecular weight excluding hydrogens is 816 g/mol. The number of thiophene rings is 1. The summed E-state index contributed by atoms with van der Waals surface area (Å²) >= 11 is 1.82. The van der Waals surface area contributed by atoms with Crippen molar-refractivity contribution in [1.82, 2.24) is 15.0 Å². The van der Waals surface area contributed by atoms with E-state index in [4.69, 9.17) is 15.0 Å². The van der Waals surface area contributed by atoms with Crippen molar-refractivity contribution in [3.63, 3.8) is 0 Å². The minimum Gasteiger partial charge on any atom is -0.278 e. The number of halogens is 1. The first-order valence-corrected chi connectivity index (χ1v) is 22.7. The summed E-state index contributed by atoms with van der Waals surface area (Å²) in [6.45, 7) is 2.17. The van der Waals surface area contributed by atoms with Crippen LogP contribution >= 0.6 is 11.3 Å². The van der Waals surface area contributed by atoms with Crippen LogP contribution in [0.25, 0.3) is 75.3 Å². The highest BCUT2D eigenvalue weighted by molar-refractivity contribution is 7.26. The summed E-state index contributed by atoms with van der Waals surface area (Å²) in [6, 6.07) is 72.2. The lowest BCUT2D eigenvalue weighted by atomic mass is 9.62. The highest BCUT2D eigenvalue weighted by atomic mass is 32.1. The number of para-hydroxylation sites is 1. The minimum absolute atomic E-state index is 0.319. The zero-order valence-corrected chi connectivity index (χ0v) is 36.0. The Labute approximate surface area is 378 Å². The van der Waals surface area contributed by atoms with Gasteiger partial charge in [0.1, 0.15) is 5.82 Å². The Morgan fingerprint density at radius 2 is 0.954 bits per heavy atom. The highest BCUT2D eigenvalue weighted by Crippen LogP contribution is 2.59. The van der Waals surface area contributed by atoms with Crippen LogP contribution in [0.1, 0.15) is 27.8 Å². The van der Waals surface area contributed by atoms with Gasteiger partial charge in [0, 0.05) is 31.3 Å². The van der Waals surface area contributed by atoms with E-state index >= 15 is 0 Å². The van der Waals surface area contributed by atoms with Crippen LogP contribution in [0.4, 0.5) is 21.7 Å². The number of hydrogen-bond donors (Lipinski definition) is 0. The van der Waals surface area contributed by atoms with Crippen LogP contribution in [0.2, 0.25) is 0 Å². The Morgan fingerprint density at radius 3 is 1.65 bits per heavy atom. The number of nitrogens with zero attached hydrogens (tertiary/aromatic N) is 4. The summed E-state index contributed by atoms with van der Waals surface area (Å²) in [5.41, 5.74) is 8.53. The third kappa shape index (κ3) is 5.70. The quantitative estimate of drug-likeness (QED) is 0.162. The number of hydrogen-bond acceptors (Lipinski definition) is 5. The van der Waals surface area contributed by atoms with Gasteiger partial charge in [-0.1, -0.05) is 157 Å². The third-order valence-electron chi connectivity index (χ3n) is 13.3. The topological polar surface area (TPSA) is 41.9 Å². The molecule has 12 aromatic rings. The Morgan fingerprint density at radius 1 is 0.415 bits per heavy atom. The molecule has 0 atom stereocenters. The van der Waals surface area contributed by atoms with Crippen molar-refractivity contribution in [2.24, 2.45) is 0 Å². The van der Waals surface area contributed by atoms with Gasteiger partial charge in [-0.2, -0.15) is 9.97 Å². The van der Waals surface area contributed by atoms with Gasteiger partial charge in [0.15, 0.2) is 11.6 Å². The van der Waals surface area contributed by atoms with Gasteiger partial charge in [-0.25, -0.2) is 9.37 Å². The molecule has 0 saturated carbocycles. The Kier molecular flexibility index (Phi) is 8.36. The number of aromatic nitrogens is 3. The van der Waals surface area contributed by atoms with E-state index in [1.54, 1.807) is 12.1 Å². The Bertz CT molecular complexity index is 3810. The fourth-order valence-corrected chi connectivity index (χ4v) is 11.5. The molecule has 1 aliphatic rings. The molecule has 10 aromatic carbocycles. The zero-order valence-electron chi connectivity index (χ0n) is 35.2. The molecule has 65 heavy (non-hydrogen) atoms. The van der Waals surface area contributed by atoms with Crippen LogP contribution in [0, 0.1) is 12.7 Å². The van der Waals surface area contributed by atoms with E-state index in [0.717, 1.165) is 43.9 Å². The second-order valence-corrected chi connectivity index (χ2v) is 18.0. The molecule has 6 heteroatoms. The van der Waals surface area contributed by atoms with Crippen molar-refractivity contribution in [3.05, 3.63) is 240 Å². The molecule has 0 saturated heterocycles. The van der Waals surface area contributed by atoms with Gasteiger partial charge in [0.2, 0.25) is 5.95 Å². The largest absolute Gasteiger partial charge is 0.278 e. The number of rotatable bonds is 5. The standard InChI is InChI=1S/C59H37FN4S/c1-36-25-30-44-45(31-36)42-21-11-12-22-43(42)46-32-48-49-33-51-53(35-55(49)65-54(48)34-47(44)46)64(58-62-56(37-15-5-2-6-16-37)61-57(63-58)38-26-28-41(60)29-27-38)52-24-14-13-23-50(52)59(51,39-17-7-3-8-18-39)40-19-9-4-10-20-40/h2-35H,1H3. The maximum Gasteiger partial charge on any atom is 0.238 e. The molecule has 0 fully saturated rings. The van der Waals surface area contributed by atoms with E-state index in [0.29, 0.717) is 23.2 Å². The molecule has 0 N–H and O–H groups in total. The van der Waals surface area contributed by atoms with Gasteiger partial charge < -0.3 is 0 Å². The molecule has 4 nitrogen and oxygen atoms in total. The van der Waals surface area contributed by atoms with Gasteiger partial charge in [-0.05, 0) is 116 Å². The van der Waals surface area contributed by atoms with Gasteiger partial charge >= 0.3 is 0 Å². The van der Waals surface area contributed by atoms with Gasteiger partial charge in [0.25, 0.3) is 0 Å². The van der Waals surface area contributed by atoms with E-state index in [1.165, 1.54) is 65.5 Å². The molecule has 0 spiro atoms. The minimum atomic E-state index is -0.736. The van der Waals surface area contributed by atoms with E-state index < -0.39 is 5.41 Å². The van der Waals surface area contributed by atoms with Crippen LogP contribution in [0.15, 0.2) is 206 Å². The SMILES string of the molecule is Cc1ccc2c(c1)c1ccccc1c1cc3c(cc21)sc1cc2c(cc13)C(c1ccccc1)(c1ccccc1)c1ccccc1N2c1nc(-c2ccccc2)nc(-c2ccc(F)cc2)n1. The Balaban J connectivity index is 1.17. The van der Waals surface area contributed by atoms with Crippen molar-refractivity contribution >= 4 is 81.1 Å². The molecule has 0 unspecified atom stereocenters. The monoisotopic (exact) mass is 852 g/mol. The molecule has 306 valence electrons. The summed E-state index contributed by atoms with van der Waals surface area (Å²) in [5, 5.41) is 9.98. The molecule has 0 aliphatic carbocycles. The number of fused-ring (bicyclic) bond motifs is 11. The van der Waals surface area contributed by atoms with Crippen molar-refractivity contribution in [3.8, 4) is 22.8 Å². The van der Waals surface area contributed by atoms with Crippen molar-refractivity contribution in [1.29, 1.82) is 0 Å². The van der Waals surface area contributed by atoms with Crippen LogP contribution < -0.4 is 4.90 Å². The first kappa shape index (κ1) is 37.5. The molecule has 3 heterocycles. The number of aryl methyl sites for hydroxylation is 1. The van der Waals surface area contributed by atoms with Crippen molar-refractivity contribution in [2.45, 2.75) is 12.3 Å². The van der Waals surface area contributed by atoms with E-state index in [2.05, 4.69) is 163 Å². The molecule has 2 aromatic heterocycles. The molecule has 0 amide bonds. The smallest absolute Gasteiger partial charge is 0.238 e. The molecular formula is C59H37FN4S. The molecule has 0 radical (unpaired) electrons. The van der Waals surface area contributed by atoms with Crippen LogP contribution in [0.3, 0.4) is 0 Å². The summed E-state index contributed by atoms with van der Waals surface area (Å²) in [6.07, 6.45) is 0. The second kappa shape index (κ2) is 14.5. The fourth-order valence-electron chi connectivity index (χ4n) is 10.4. The van der Waals surface area contributed by atoms with Crippen LogP contribution in [0.5, 0.6) is 0 Å². The van der Waals surface area contributed by atoms with E-state index in [-0.39, 0.29) is 5.82 Å². The van der Waals surface area contributed by atoms with Crippen molar-refractivity contribution in [2.75, 3.05) is 4.90 Å². The van der Waals surface area contributed by atoms with E-state index in [9.17, 15) is 4.39 Å². The predicted molar refractivity (Wildman–Crippen MR) is 267 cm³/mol. The van der Waals surface area contributed by atoms with Gasteiger partial charge in [-0.15, -0.1) is 11.3 Å². The first-order valence-electron chi connectivity index (χ1n) is 21.9. The maximum atomic E-state index is 14.4. The van der Waals surface area contributed by atoms with Crippen LogP contribution in [-0.2, 0) is 5.41 Å². The predicted octanol–water partition coefficient (Wildman–Crippen LogP) is 15.6. The molecule has 1 aliphatic heterocycles. The lowest BCUT2D eigenvalue weighted by Gasteiger charge is -2.45. The summed E-state index contributed by atoms with van der Waals surface area (Å²) in [7, 11) is 0. The summed E-state index contributed by atoms with van der Waals surface area (Å²) < 4.78 is 16.8. The maximum absolute atomic E-state index is 14.4. The van der Waals surface area contributed by atoms with Crippen molar-refractivity contribution < 1.29 is 4.39 Å². The second-order valence-electron chi connectivity index (χ2n) is 16.9. The average Bonchev–Trinajstić information content (AvgIpc) is 3.71. The third-order valence-corrected chi connectivity index (χ3v) is 14.4. The summed E-state index contributed by atoms with van der Waals surface area (Å²) in [5.74, 6) is 1.14.